The van der Waals surface area contributed by atoms with Gasteiger partial charge in [0.15, 0.2) is 0 Å². The Morgan fingerprint density at radius 3 is 2.74 bits per heavy atom. The Labute approximate surface area is 113 Å². The molecule has 2 heteroatoms. The Balaban J connectivity index is 1.89. The summed E-state index contributed by atoms with van der Waals surface area (Å²) in [4.78, 5) is 3.55. The van der Waals surface area contributed by atoms with Crippen LogP contribution in [0.15, 0.2) is 12.1 Å². The van der Waals surface area contributed by atoms with Crippen molar-refractivity contribution in [3.63, 3.8) is 0 Å². The molecule has 0 amide bonds. The van der Waals surface area contributed by atoms with Crippen molar-refractivity contribution in [1.82, 2.24) is 4.98 Å². The van der Waals surface area contributed by atoms with Gasteiger partial charge in [0, 0.05) is 16.6 Å². The number of fused-ring (bicyclic) bond motifs is 3. The molecule has 1 aromatic heterocycles. The molecule has 1 heterocycles. The standard InChI is InChI=1S/C17H20FN/c1-11-8-12(18)9-13-14-10-17(5-2-3-6-17)7-4-15(14)19-16(11)13/h8-9,19H,2-7,10H2,1H3. The van der Waals surface area contributed by atoms with Gasteiger partial charge in [-0.25, -0.2) is 4.39 Å². The van der Waals surface area contributed by atoms with Gasteiger partial charge in [-0.3, -0.25) is 0 Å². The number of aromatic amines is 1. The predicted octanol–water partition coefficient (Wildman–Crippen LogP) is 4.66. The van der Waals surface area contributed by atoms with Crippen LogP contribution in [0.5, 0.6) is 0 Å². The molecule has 0 aliphatic heterocycles. The van der Waals surface area contributed by atoms with Crippen molar-refractivity contribution < 1.29 is 4.39 Å². The molecule has 100 valence electrons. The third-order valence-electron chi connectivity index (χ3n) is 5.39. The van der Waals surface area contributed by atoms with Crippen molar-refractivity contribution in [2.75, 3.05) is 0 Å². The summed E-state index contributed by atoms with van der Waals surface area (Å²) in [5, 5.41) is 1.14. The molecule has 1 aromatic carbocycles. The minimum Gasteiger partial charge on any atom is -0.358 e. The maximum absolute atomic E-state index is 13.7. The highest BCUT2D eigenvalue weighted by atomic mass is 19.1. The van der Waals surface area contributed by atoms with Gasteiger partial charge in [0.25, 0.3) is 0 Å². The van der Waals surface area contributed by atoms with E-state index in [0.717, 1.165) is 29.3 Å². The normalized spacial score (nSPS) is 21.2. The van der Waals surface area contributed by atoms with Crippen LogP contribution in [0.1, 0.15) is 48.9 Å². The van der Waals surface area contributed by atoms with Crippen molar-refractivity contribution in [3.8, 4) is 0 Å². The molecule has 2 aliphatic carbocycles. The van der Waals surface area contributed by atoms with E-state index in [1.54, 1.807) is 12.1 Å². The van der Waals surface area contributed by atoms with Crippen LogP contribution < -0.4 is 0 Å². The molecule has 0 atom stereocenters. The molecule has 4 rings (SSSR count). The molecule has 1 N–H and O–H groups in total. The summed E-state index contributed by atoms with van der Waals surface area (Å²) < 4.78 is 13.7. The predicted molar refractivity (Wildman–Crippen MR) is 75.9 cm³/mol. The van der Waals surface area contributed by atoms with Crippen LogP contribution in [0, 0.1) is 18.2 Å². The highest BCUT2D eigenvalue weighted by Gasteiger charge is 2.38. The number of aryl methyl sites for hydroxylation is 2. The van der Waals surface area contributed by atoms with Gasteiger partial charge in [-0.1, -0.05) is 12.8 Å². The first-order valence-electron chi connectivity index (χ1n) is 7.47. The largest absolute Gasteiger partial charge is 0.358 e. The Morgan fingerprint density at radius 1 is 1.16 bits per heavy atom. The van der Waals surface area contributed by atoms with Gasteiger partial charge in [-0.05, 0) is 67.7 Å². The van der Waals surface area contributed by atoms with E-state index < -0.39 is 0 Å². The average molecular weight is 257 g/mol. The fraction of sp³-hybridized carbons (Fsp3) is 0.529. The smallest absolute Gasteiger partial charge is 0.124 e. The SMILES string of the molecule is Cc1cc(F)cc2c3c([nH]c12)CCC1(CCCC1)C3. The minimum absolute atomic E-state index is 0.0992. The molecule has 0 unspecified atom stereocenters. The fourth-order valence-corrected chi connectivity index (χ4v) is 4.36. The molecular weight excluding hydrogens is 237 g/mol. The van der Waals surface area contributed by atoms with Crippen LogP contribution in [0.2, 0.25) is 0 Å². The van der Waals surface area contributed by atoms with Crippen LogP contribution in [0.4, 0.5) is 4.39 Å². The highest BCUT2D eigenvalue weighted by molar-refractivity contribution is 5.87. The molecule has 0 bridgehead atoms. The van der Waals surface area contributed by atoms with E-state index in [4.69, 9.17) is 0 Å². The average Bonchev–Trinajstić information content (AvgIpc) is 2.96. The monoisotopic (exact) mass is 257 g/mol. The zero-order chi connectivity index (χ0) is 13.0. The Kier molecular flexibility index (Phi) is 2.33. The summed E-state index contributed by atoms with van der Waals surface area (Å²) in [6.07, 6.45) is 9.11. The molecule has 1 saturated carbocycles. The molecule has 2 aromatic rings. The van der Waals surface area contributed by atoms with E-state index in [9.17, 15) is 4.39 Å². The lowest BCUT2D eigenvalue weighted by molar-refractivity contribution is 0.255. The van der Waals surface area contributed by atoms with Crippen LogP contribution in [0.3, 0.4) is 0 Å². The summed E-state index contributed by atoms with van der Waals surface area (Å²) in [5.41, 5.74) is 5.49. The van der Waals surface area contributed by atoms with Crippen LogP contribution in [-0.2, 0) is 12.8 Å². The van der Waals surface area contributed by atoms with E-state index in [0.29, 0.717) is 5.41 Å². The first-order valence-corrected chi connectivity index (χ1v) is 7.47. The van der Waals surface area contributed by atoms with Gasteiger partial charge in [0.05, 0.1) is 0 Å². The van der Waals surface area contributed by atoms with Crippen molar-refractivity contribution in [3.05, 3.63) is 34.8 Å². The maximum atomic E-state index is 13.7. The van der Waals surface area contributed by atoms with E-state index in [2.05, 4.69) is 4.98 Å². The van der Waals surface area contributed by atoms with E-state index >= 15 is 0 Å². The highest BCUT2D eigenvalue weighted by Crippen LogP contribution is 2.49. The number of hydrogen-bond acceptors (Lipinski definition) is 0. The number of hydrogen-bond donors (Lipinski definition) is 1. The Morgan fingerprint density at radius 2 is 1.95 bits per heavy atom. The van der Waals surface area contributed by atoms with Gasteiger partial charge in [0.2, 0.25) is 0 Å². The first kappa shape index (κ1) is 11.5. The van der Waals surface area contributed by atoms with E-state index in [1.165, 1.54) is 43.4 Å². The van der Waals surface area contributed by atoms with Crippen molar-refractivity contribution in [1.29, 1.82) is 0 Å². The summed E-state index contributed by atoms with van der Waals surface area (Å²) in [7, 11) is 0. The first-order chi connectivity index (χ1) is 9.17. The quantitative estimate of drug-likeness (QED) is 0.706. The second-order valence-electron chi connectivity index (χ2n) is 6.61. The van der Waals surface area contributed by atoms with Gasteiger partial charge in [-0.2, -0.15) is 0 Å². The number of aromatic nitrogens is 1. The number of H-pyrrole nitrogens is 1. The molecular formula is C17H20FN. The van der Waals surface area contributed by atoms with Gasteiger partial charge < -0.3 is 4.98 Å². The summed E-state index contributed by atoms with van der Waals surface area (Å²) in [6.45, 7) is 2.00. The van der Waals surface area contributed by atoms with Crippen LogP contribution in [-0.4, -0.2) is 4.98 Å². The Hall–Kier alpha value is -1.31. The number of rotatable bonds is 0. The van der Waals surface area contributed by atoms with E-state index in [-0.39, 0.29) is 5.82 Å². The van der Waals surface area contributed by atoms with Crippen LogP contribution in [0.25, 0.3) is 10.9 Å². The zero-order valence-electron chi connectivity index (χ0n) is 11.5. The van der Waals surface area contributed by atoms with Gasteiger partial charge in [0.1, 0.15) is 5.82 Å². The molecule has 1 nitrogen and oxygen atoms in total. The lowest BCUT2D eigenvalue weighted by Gasteiger charge is -2.33. The zero-order valence-corrected chi connectivity index (χ0v) is 11.5. The van der Waals surface area contributed by atoms with Crippen molar-refractivity contribution in [2.24, 2.45) is 5.41 Å². The van der Waals surface area contributed by atoms with E-state index in [1.807, 2.05) is 6.92 Å². The fourth-order valence-electron chi connectivity index (χ4n) is 4.36. The molecule has 0 saturated heterocycles. The Bertz CT molecular complexity index is 647. The minimum atomic E-state index is -0.0992. The number of nitrogens with one attached hydrogen (secondary N) is 1. The maximum Gasteiger partial charge on any atom is 0.124 e. The van der Waals surface area contributed by atoms with Gasteiger partial charge in [-0.15, -0.1) is 0 Å². The lowest BCUT2D eigenvalue weighted by Crippen LogP contribution is -2.25. The third-order valence-corrected chi connectivity index (χ3v) is 5.39. The topological polar surface area (TPSA) is 15.8 Å². The number of benzene rings is 1. The molecule has 19 heavy (non-hydrogen) atoms. The number of halogens is 1. The van der Waals surface area contributed by atoms with Crippen molar-refractivity contribution in [2.45, 2.75) is 51.9 Å². The molecule has 0 radical (unpaired) electrons. The lowest BCUT2D eigenvalue weighted by atomic mass is 9.71. The van der Waals surface area contributed by atoms with Crippen LogP contribution >= 0.6 is 0 Å². The second kappa shape index (κ2) is 3.84. The van der Waals surface area contributed by atoms with Gasteiger partial charge >= 0.3 is 0 Å². The second-order valence-corrected chi connectivity index (χ2v) is 6.61. The van der Waals surface area contributed by atoms with Crippen molar-refractivity contribution >= 4 is 10.9 Å². The molecule has 2 aliphatic rings. The summed E-state index contributed by atoms with van der Waals surface area (Å²) >= 11 is 0. The summed E-state index contributed by atoms with van der Waals surface area (Å²) in [6, 6.07) is 3.36. The summed E-state index contributed by atoms with van der Waals surface area (Å²) in [5.74, 6) is -0.0992. The third kappa shape index (κ3) is 1.65. The molecule has 1 spiro atoms. The molecule has 1 fully saturated rings.